The van der Waals surface area contributed by atoms with Gasteiger partial charge in [0.15, 0.2) is 0 Å². The van der Waals surface area contributed by atoms with E-state index in [0.29, 0.717) is 29.4 Å². The summed E-state index contributed by atoms with van der Waals surface area (Å²) < 4.78 is 6.85. The van der Waals surface area contributed by atoms with Gasteiger partial charge >= 0.3 is 6.03 Å². The van der Waals surface area contributed by atoms with Gasteiger partial charge in [-0.2, -0.15) is 0 Å². The van der Waals surface area contributed by atoms with Crippen LogP contribution in [0.15, 0.2) is 65.6 Å². The summed E-state index contributed by atoms with van der Waals surface area (Å²) in [5.74, 6) is 0.0450. The SMILES string of the molecule is CCn1cccc(N2C[C@@H](c3ccc(OC)cc3)[C@H](NC(=O)NC3CCc4cc(Cl)ccc4C3)C2=O)c1=O. The molecule has 8 nitrogen and oxygen atoms in total. The molecule has 1 fully saturated rings. The molecular weight excluding hydrogens is 504 g/mol. The zero-order valence-electron chi connectivity index (χ0n) is 21.4. The van der Waals surface area contributed by atoms with Crippen molar-refractivity contribution in [2.75, 3.05) is 18.6 Å². The lowest BCUT2D eigenvalue weighted by atomic mass is 9.88. The average molecular weight is 535 g/mol. The first-order valence-corrected chi connectivity index (χ1v) is 13.2. The molecule has 0 radical (unpaired) electrons. The highest BCUT2D eigenvalue weighted by Crippen LogP contribution is 2.32. The lowest BCUT2D eigenvalue weighted by Gasteiger charge is -2.27. The topological polar surface area (TPSA) is 92.7 Å². The van der Waals surface area contributed by atoms with Gasteiger partial charge in [0.2, 0.25) is 0 Å². The largest absolute Gasteiger partial charge is 0.497 e. The summed E-state index contributed by atoms with van der Waals surface area (Å²) in [4.78, 5) is 41.4. The third-order valence-electron chi connectivity index (χ3n) is 7.51. The molecule has 0 saturated carbocycles. The van der Waals surface area contributed by atoms with E-state index in [1.165, 1.54) is 16.0 Å². The summed E-state index contributed by atoms with van der Waals surface area (Å²) in [5, 5.41) is 6.70. The van der Waals surface area contributed by atoms with Crippen LogP contribution in [0.2, 0.25) is 5.02 Å². The Labute approximate surface area is 226 Å². The lowest BCUT2D eigenvalue weighted by Crippen LogP contribution is -2.51. The summed E-state index contributed by atoms with van der Waals surface area (Å²) in [5.41, 5.74) is 3.33. The fourth-order valence-corrected chi connectivity index (χ4v) is 5.65. The number of ether oxygens (including phenoxy) is 1. The molecular formula is C29H31ClN4O4. The molecule has 5 rings (SSSR count). The third kappa shape index (κ3) is 5.13. The van der Waals surface area contributed by atoms with E-state index in [2.05, 4.69) is 10.6 Å². The van der Waals surface area contributed by atoms with Crippen molar-refractivity contribution < 1.29 is 14.3 Å². The molecule has 3 aromatic rings. The highest BCUT2D eigenvalue weighted by molar-refractivity contribution is 6.30. The van der Waals surface area contributed by atoms with Gasteiger partial charge in [-0.05, 0) is 79.3 Å². The number of benzene rings is 2. The number of halogens is 1. The Morgan fingerprint density at radius 3 is 2.61 bits per heavy atom. The maximum Gasteiger partial charge on any atom is 0.315 e. The van der Waals surface area contributed by atoms with Crippen LogP contribution in [0.5, 0.6) is 5.75 Å². The van der Waals surface area contributed by atoms with Crippen molar-refractivity contribution in [1.82, 2.24) is 15.2 Å². The summed E-state index contributed by atoms with van der Waals surface area (Å²) in [7, 11) is 1.59. The molecule has 1 unspecified atom stereocenters. The number of aryl methyl sites for hydroxylation is 2. The Morgan fingerprint density at radius 1 is 1.08 bits per heavy atom. The van der Waals surface area contributed by atoms with Crippen LogP contribution in [0.3, 0.4) is 0 Å². The van der Waals surface area contributed by atoms with Gasteiger partial charge in [-0.25, -0.2) is 4.79 Å². The van der Waals surface area contributed by atoms with Gasteiger partial charge < -0.3 is 24.8 Å². The number of hydrogen-bond acceptors (Lipinski definition) is 4. The highest BCUT2D eigenvalue weighted by atomic mass is 35.5. The minimum atomic E-state index is -0.826. The number of nitrogens with zero attached hydrogens (tertiary/aromatic N) is 2. The summed E-state index contributed by atoms with van der Waals surface area (Å²) in [6.07, 6.45) is 4.01. The van der Waals surface area contributed by atoms with E-state index in [9.17, 15) is 14.4 Å². The number of carbonyl (C=O) groups excluding carboxylic acids is 2. The Kier molecular flexibility index (Phi) is 7.42. The normalized spacial score (nSPS) is 20.7. The number of anilines is 1. The molecule has 0 spiro atoms. The van der Waals surface area contributed by atoms with E-state index in [1.54, 1.807) is 30.0 Å². The van der Waals surface area contributed by atoms with Crippen molar-refractivity contribution in [3.8, 4) is 5.75 Å². The van der Waals surface area contributed by atoms with Crippen molar-refractivity contribution in [3.63, 3.8) is 0 Å². The Hall–Kier alpha value is -3.78. The first-order valence-electron chi connectivity index (χ1n) is 12.9. The molecule has 1 aliphatic heterocycles. The van der Waals surface area contributed by atoms with E-state index in [4.69, 9.17) is 16.3 Å². The van der Waals surface area contributed by atoms with E-state index >= 15 is 0 Å². The number of nitrogens with one attached hydrogen (secondary N) is 2. The van der Waals surface area contributed by atoms with Gasteiger partial charge in [0.25, 0.3) is 11.5 Å². The van der Waals surface area contributed by atoms with Crippen molar-refractivity contribution in [2.24, 2.45) is 0 Å². The number of methoxy groups -OCH3 is 1. The molecule has 2 heterocycles. The van der Waals surface area contributed by atoms with Crippen molar-refractivity contribution >= 4 is 29.2 Å². The number of rotatable bonds is 6. The molecule has 2 aromatic carbocycles. The number of fused-ring (bicyclic) bond motifs is 1. The number of hydrogen-bond donors (Lipinski definition) is 2. The first kappa shape index (κ1) is 25.9. The van der Waals surface area contributed by atoms with Gasteiger partial charge in [0.1, 0.15) is 17.5 Å². The number of aromatic nitrogens is 1. The fraction of sp³-hybridized carbons (Fsp3) is 0.345. The molecule has 2 aliphatic rings. The second-order valence-electron chi connectivity index (χ2n) is 9.76. The van der Waals surface area contributed by atoms with Crippen molar-refractivity contribution in [1.29, 1.82) is 0 Å². The zero-order chi connectivity index (χ0) is 26.8. The number of carbonyl (C=O) groups is 2. The van der Waals surface area contributed by atoms with Crippen LogP contribution in [0.1, 0.15) is 36.0 Å². The number of pyridine rings is 1. The monoisotopic (exact) mass is 534 g/mol. The predicted molar refractivity (Wildman–Crippen MR) is 147 cm³/mol. The summed E-state index contributed by atoms with van der Waals surface area (Å²) >= 11 is 6.13. The number of urea groups is 1. The molecule has 3 amide bonds. The lowest BCUT2D eigenvalue weighted by molar-refractivity contribution is -0.118. The average Bonchev–Trinajstić information content (AvgIpc) is 3.24. The molecule has 9 heteroatoms. The second-order valence-corrected chi connectivity index (χ2v) is 10.2. The summed E-state index contributed by atoms with van der Waals surface area (Å²) in [6.45, 7) is 2.65. The molecule has 198 valence electrons. The predicted octanol–water partition coefficient (Wildman–Crippen LogP) is 3.89. The van der Waals surface area contributed by atoms with Crippen LogP contribution in [-0.2, 0) is 24.2 Å². The molecule has 1 saturated heterocycles. The summed E-state index contributed by atoms with van der Waals surface area (Å²) in [6, 6.07) is 15.4. The van der Waals surface area contributed by atoms with Crippen LogP contribution < -0.4 is 25.8 Å². The van der Waals surface area contributed by atoms with Crippen LogP contribution in [-0.4, -0.2) is 42.2 Å². The van der Waals surface area contributed by atoms with Gasteiger partial charge in [0, 0.05) is 36.3 Å². The maximum absolute atomic E-state index is 13.7. The zero-order valence-corrected chi connectivity index (χ0v) is 22.2. The van der Waals surface area contributed by atoms with Gasteiger partial charge in [0.05, 0.1) is 7.11 Å². The molecule has 0 bridgehead atoms. The van der Waals surface area contributed by atoms with Crippen molar-refractivity contribution in [3.05, 3.63) is 92.9 Å². The van der Waals surface area contributed by atoms with Gasteiger partial charge in [-0.3, -0.25) is 9.59 Å². The van der Waals surface area contributed by atoms with Crippen LogP contribution >= 0.6 is 11.6 Å². The Bertz CT molecular complexity index is 1400. The fourth-order valence-electron chi connectivity index (χ4n) is 5.45. The van der Waals surface area contributed by atoms with Crippen molar-refractivity contribution in [2.45, 2.75) is 50.7 Å². The van der Waals surface area contributed by atoms with E-state index in [-0.39, 0.29) is 30.0 Å². The molecule has 2 N–H and O–H groups in total. The minimum absolute atomic E-state index is 0.0541. The Balaban J connectivity index is 1.37. The van der Waals surface area contributed by atoms with Crippen LogP contribution in [0, 0.1) is 0 Å². The third-order valence-corrected chi connectivity index (χ3v) is 7.74. The number of amides is 3. The molecule has 38 heavy (non-hydrogen) atoms. The van der Waals surface area contributed by atoms with Crippen LogP contribution in [0.25, 0.3) is 0 Å². The minimum Gasteiger partial charge on any atom is -0.497 e. The Morgan fingerprint density at radius 2 is 1.87 bits per heavy atom. The first-order chi connectivity index (χ1) is 18.4. The molecule has 3 atom stereocenters. The van der Waals surface area contributed by atoms with E-state index in [1.807, 2.05) is 49.4 Å². The standard InChI is InChI=1S/C29H31ClN4O4/c1-3-33-14-4-5-25(27(33)35)34-17-24(18-8-12-23(38-2)13-9-18)26(28(34)36)32-29(37)31-22-11-7-19-15-21(30)10-6-20(19)16-22/h4-6,8-10,12-15,22,24,26H,3,7,11,16-17H2,1-2H3,(H2,31,32,37)/t22?,24-,26-/m0/s1. The highest BCUT2D eigenvalue weighted by Gasteiger charge is 2.43. The van der Waals surface area contributed by atoms with Gasteiger partial charge in [-0.15, -0.1) is 0 Å². The second kappa shape index (κ2) is 10.9. The molecule has 1 aliphatic carbocycles. The molecule has 1 aromatic heterocycles. The van der Waals surface area contributed by atoms with Crippen LogP contribution in [0.4, 0.5) is 10.5 Å². The van der Waals surface area contributed by atoms with Gasteiger partial charge in [-0.1, -0.05) is 29.8 Å². The smallest absolute Gasteiger partial charge is 0.315 e. The van der Waals surface area contributed by atoms with E-state index in [0.717, 1.165) is 18.4 Å². The quantitative estimate of drug-likeness (QED) is 0.502. The van der Waals surface area contributed by atoms with E-state index < -0.39 is 12.1 Å². The maximum atomic E-state index is 13.7.